The van der Waals surface area contributed by atoms with Crippen LogP contribution in [0.3, 0.4) is 0 Å². The highest BCUT2D eigenvalue weighted by molar-refractivity contribution is 6.05. The Bertz CT molecular complexity index is 525. The highest BCUT2D eigenvalue weighted by Gasteiger charge is 2.37. The summed E-state index contributed by atoms with van der Waals surface area (Å²) in [5, 5.41) is 11.0. The number of carbonyl (C=O) groups is 2. The van der Waals surface area contributed by atoms with E-state index in [0.717, 1.165) is 0 Å². The molecule has 1 aromatic rings. The Labute approximate surface area is 109 Å². The maximum absolute atomic E-state index is 11.8. The fraction of sp³-hybridized carbons (Fsp3) is 0.385. The number of Topliss-reactive ketones (excluding diaryl/α,β-unsaturated/α-hetero) is 2. The predicted octanol–water partition coefficient (Wildman–Crippen LogP) is 1.53. The number of nitro benzene ring substituents is 1. The van der Waals surface area contributed by atoms with E-state index in [4.69, 9.17) is 5.73 Å². The minimum atomic E-state index is -0.949. The van der Waals surface area contributed by atoms with Gasteiger partial charge in [-0.05, 0) is 6.42 Å². The number of nitrogens with zero attached hydrogens (tertiary/aromatic N) is 1. The van der Waals surface area contributed by atoms with Crippen LogP contribution in [0, 0.1) is 16.0 Å². The first-order valence-electron chi connectivity index (χ1n) is 6.06. The molecule has 0 aliphatic heterocycles. The zero-order chi connectivity index (χ0) is 14.0. The summed E-state index contributed by atoms with van der Waals surface area (Å²) in [5.41, 5.74) is 6.03. The Morgan fingerprint density at radius 1 is 1.21 bits per heavy atom. The molecule has 0 amide bonds. The molecule has 6 nitrogen and oxygen atoms in total. The summed E-state index contributed by atoms with van der Waals surface area (Å²) in [6.45, 7) is 0. The first kappa shape index (κ1) is 13.4. The van der Waals surface area contributed by atoms with E-state index < -0.39 is 16.9 Å². The van der Waals surface area contributed by atoms with E-state index >= 15 is 0 Å². The van der Waals surface area contributed by atoms with Gasteiger partial charge in [0.05, 0.1) is 16.9 Å². The van der Waals surface area contributed by atoms with Gasteiger partial charge in [-0.3, -0.25) is 19.7 Å². The fourth-order valence-corrected chi connectivity index (χ4v) is 2.44. The molecule has 0 spiro atoms. The summed E-state index contributed by atoms with van der Waals surface area (Å²) in [4.78, 5) is 34.1. The molecule has 100 valence electrons. The van der Waals surface area contributed by atoms with Gasteiger partial charge < -0.3 is 5.73 Å². The molecule has 6 heteroatoms. The molecule has 2 N–H and O–H groups in total. The van der Waals surface area contributed by atoms with Crippen LogP contribution >= 0.6 is 0 Å². The third-order valence-electron chi connectivity index (χ3n) is 3.39. The summed E-state index contributed by atoms with van der Waals surface area (Å²) >= 11 is 0. The molecular weight excluding hydrogens is 248 g/mol. The number of nitrogens with two attached hydrogens (primary N) is 1. The zero-order valence-electron chi connectivity index (χ0n) is 10.2. The Kier molecular flexibility index (Phi) is 3.71. The Morgan fingerprint density at radius 3 is 2.37 bits per heavy atom. The Morgan fingerprint density at radius 2 is 1.79 bits per heavy atom. The summed E-state index contributed by atoms with van der Waals surface area (Å²) in [5.74, 6) is -1.39. The van der Waals surface area contributed by atoms with Gasteiger partial charge in [-0.2, -0.15) is 0 Å². The van der Waals surface area contributed by atoms with E-state index in [2.05, 4.69) is 0 Å². The van der Waals surface area contributed by atoms with E-state index in [-0.39, 0.29) is 22.8 Å². The van der Waals surface area contributed by atoms with Gasteiger partial charge in [-0.15, -0.1) is 0 Å². The van der Waals surface area contributed by atoms with Crippen LogP contribution in [-0.2, 0) is 9.59 Å². The van der Waals surface area contributed by atoms with Gasteiger partial charge in [-0.1, -0.05) is 18.2 Å². The van der Waals surface area contributed by atoms with Crippen molar-refractivity contribution in [2.24, 2.45) is 11.7 Å². The highest BCUT2D eigenvalue weighted by Crippen LogP contribution is 2.32. The lowest BCUT2D eigenvalue weighted by Crippen LogP contribution is -2.37. The number of carbonyl (C=O) groups excluding carboxylic acids is 2. The molecule has 0 radical (unpaired) electrons. The monoisotopic (exact) mass is 262 g/mol. The van der Waals surface area contributed by atoms with Crippen LogP contribution in [0.4, 0.5) is 5.69 Å². The number of hydrogen-bond donors (Lipinski definition) is 1. The Hall–Kier alpha value is -2.08. The van der Waals surface area contributed by atoms with E-state index in [1.54, 1.807) is 6.07 Å². The molecule has 0 bridgehead atoms. The average Bonchev–Trinajstić information content (AvgIpc) is 2.38. The van der Waals surface area contributed by atoms with Crippen molar-refractivity contribution in [3.05, 3.63) is 39.9 Å². The minimum absolute atomic E-state index is 0.152. The van der Waals surface area contributed by atoms with E-state index in [9.17, 15) is 19.7 Å². The molecule has 1 atom stereocenters. The number of para-hydroxylation sites is 1. The maximum Gasteiger partial charge on any atom is 0.274 e. The van der Waals surface area contributed by atoms with Gasteiger partial charge in [0.25, 0.3) is 5.69 Å². The van der Waals surface area contributed by atoms with Crippen molar-refractivity contribution in [3.8, 4) is 0 Å². The molecule has 0 saturated heterocycles. The van der Waals surface area contributed by atoms with Crippen LogP contribution in [0.1, 0.15) is 30.9 Å². The second-order valence-corrected chi connectivity index (χ2v) is 4.61. The van der Waals surface area contributed by atoms with Crippen LogP contribution in [0.5, 0.6) is 0 Å². The van der Waals surface area contributed by atoms with Gasteiger partial charge in [0.1, 0.15) is 11.6 Å². The molecule has 1 saturated carbocycles. The van der Waals surface area contributed by atoms with Gasteiger partial charge in [-0.25, -0.2) is 0 Å². The fourth-order valence-electron chi connectivity index (χ4n) is 2.44. The summed E-state index contributed by atoms with van der Waals surface area (Å²) < 4.78 is 0. The average molecular weight is 262 g/mol. The van der Waals surface area contributed by atoms with Crippen LogP contribution in [0.15, 0.2) is 24.3 Å². The van der Waals surface area contributed by atoms with Gasteiger partial charge in [0, 0.05) is 24.5 Å². The largest absolute Gasteiger partial charge is 0.323 e. The smallest absolute Gasteiger partial charge is 0.274 e. The van der Waals surface area contributed by atoms with E-state index in [1.807, 2.05) is 0 Å². The standard InChI is InChI=1S/C13H14N2O4/c14-13(12-10(16)6-3-7-11(12)17)8-4-1-2-5-9(8)15(18)19/h1-2,4-5,12-13H,3,6-7,14H2. The lowest BCUT2D eigenvalue weighted by Gasteiger charge is -2.25. The molecule has 1 aromatic carbocycles. The number of ketones is 2. The number of benzene rings is 1. The quantitative estimate of drug-likeness (QED) is 0.505. The summed E-state index contributed by atoms with van der Waals surface area (Å²) in [6, 6.07) is 5.02. The predicted molar refractivity (Wildman–Crippen MR) is 67.4 cm³/mol. The molecule has 1 unspecified atom stereocenters. The zero-order valence-corrected chi connectivity index (χ0v) is 10.2. The number of hydrogen-bond acceptors (Lipinski definition) is 5. The van der Waals surface area contributed by atoms with Crippen LogP contribution < -0.4 is 5.73 Å². The second-order valence-electron chi connectivity index (χ2n) is 4.61. The molecule has 19 heavy (non-hydrogen) atoms. The van der Waals surface area contributed by atoms with Gasteiger partial charge >= 0.3 is 0 Å². The molecule has 1 fully saturated rings. The molecular formula is C13H14N2O4. The van der Waals surface area contributed by atoms with Gasteiger partial charge in [0.2, 0.25) is 0 Å². The van der Waals surface area contributed by atoms with E-state index in [1.165, 1.54) is 18.2 Å². The minimum Gasteiger partial charge on any atom is -0.323 e. The normalized spacial score (nSPS) is 18.4. The number of rotatable bonds is 3. The molecule has 2 rings (SSSR count). The lowest BCUT2D eigenvalue weighted by atomic mass is 9.79. The first-order chi connectivity index (χ1) is 9.02. The lowest BCUT2D eigenvalue weighted by molar-refractivity contribution is -0.385. The summed E-state index contributed by atoms with van der Waals surface area (Å²) in [7, 11) is 0. The Balaban J connectivity index is 2.38. The number of nitro groups is 1. The third kappa shape index (κ3) is 2.53. The first-order valence-corrected chi connectivity index (χ1v) is 6.06. The SMILES string of the molecule is NC(c1ccccc1[N+](=O)[O-])C1C(=O)CCCC1=O. The maximum atomic E-state index is 11.8. The van der Waals surface area contributed by atoms with Crippen molar-refractivity contribution in [1.29, 1.82) is 0 Å². The molecule has 0 aromatic heterocycles. The van der Waals surface area contributed by atoms with Crippen LogP contribution in [-0.4, -0.2) is 16.5 Å². The van der Waals surface area contributed by atoms with Crippen molar-refractivity contribution >= 4 is 17.3 Å². The molecule has 1 aliphatic rings. The van der Waals surface area contributed by atoms with Crippen molar-refractivity contribution in [1.82, 2.24) is 0 Å². The van der Waals surface area contributed by atoms with Crippen LogP contribution in [0.25, 0.3) is 0 Å². The van der Waals surface area contributed by atoms with Crippen molar-refractivity contribution in [3.63, 3.8) is 0 Å². The highest BCUT2D eigenvalue weighted by atomic mass is 16.6. The second kappa shape index (κ2) is 5.27. The topological polar surface area (TPSA) is 103 Å². The van der Waals surface area contributed by atoms with Crippen molar-refractivity contribution in [2.75, 3.05) is 0 Å². The third-order valence-corrected chi connectivity index (χ3v) is 3.39. The van der Waals surface area contributed by atoms with Gasteiger partial charge in [0.15, 0.2) is 0 Å². The van der Waals surface area contributed by atoms with E-state index in [0.29, 0.717) is 19.3 Å². The van der Waals surface area contributed by atoms with Crippen LogP contribution in [0.2, 0.25) is 0 Å². The van der Waals surface area contributed by atoms with Crippen molar-refractivity contribution in [2.45, 2.75) is 25.3 Å². The molecule has 0 heterocycles. The van der Waals surface area contributed by atoms with Crippen molar-refractivity contribution < 1.29 is 14.5 Å². The molecule has 1 aliphatic carbocycles. The summed E-state index contributed by atoms with van der Waals surface area (Å²) in [6.07, 6.45) is 1.16.